The average Bonchev–Trinajstić information content (AvgIpc) is 2.46. The van der Waals surface area contributed by atoms with Crippen LogP contribution in [-0.4, -0.2) is 58.7 Å². The van der Waals surface area contributed by atoms with E-state index in [9.17, 15) is 9.59 Å². The summed E-state index contributed by atoms with van der Waals surface area (Å²) < 4.78 is 5.33. The number of carbonyl (C=O) groups is 2. The van der Waals surface area contributed by atoms with Crippen molar-refractivity contribution in [3.8, 4) is 0 Å². The van der Waals surface area contributed by atoms with Gasteiger partial charge in [-0.2, -0.15) is 0 Å². The van der Waals surface area contributed by atoms with Gasteiger partial charge in [0.05, 0.1) is 11.9 Å². The fourth-order valence-corrected chi connectivity index (χ4v) is 2.06. The molecule has 1 fully saturated rings. The van der Waals surface area contributed by atoms with Gasteiger partial charge in [0.15, 0.2) is 0 Å². The molecule has 120 valence electrons. The highest BCUT2D eigenvalue weighted by atomic mass is 16.6. The fourth-order valence-electron chi connectivity index (χ4n) is 2.06. The van der Waals surface area contributed by atoms with Crippen LogP contribution in [0.2, 0.25) is 0 Å². The van der Waals surface area contributed by atoms with Crippen LogP contribution in [0.5, 0.6) is 0 Å². The zero-order valence-electron chi connectivity index (χ0n) is 13.2. The highest BCUT2D eigenvalue weighted by Crippen LogP contribution is 2.12. The number of nitrogens with zero attached hydrogens (tertiary/aromatic N) is 3. The van der Waals surface area contributed by atoms with Crippen molar-refractivity contribution in [3.05, 3.63) is 24.5 Å². The maximum atomic E-state index is 12.1. The van der Waals surface area contributed by atoms with Gasteiger partial charge in [-0.3, -0.25) is 4.98 Å². The summed E-state index contributed by atoms with van der Waals surface area (Å²) in [7, 11) is 0. The molecule has 0 saturated carbocycles. The lowest BCUT2D eigenvalue weighted by Gasteiger charge is -2.35. The molecule has 22 heavy (non-hydrogen) atoms. The van der Waals surface area contributed by atoms with Gasteiger partial charge in [0, 0.05) is 32.4 Å². The van der Waals surface area contributed by atoms with Gasteiger partial charge >= 0.3 is 12.1 Å². The van der Waals surface area contributed by atoms with Crippen LogP contribution < -0.4 is 5.32 Å². The predicted octanol–water partition coefficient (Wildman–Crippen LogP) is 2.17. The minimum absolute atomic E-state index is 0.183. The maximum absolute atomic E-state index is 12.1. The molecule has 1 N–H and O–H groups in total. The van der Waals surface area contributed by atoms with Crippen molar-refractivity contribution in [3.63, 3.8) is 0 Å². The van der Waals surface area contributed by atoms with E-state index in [0.717, 1.165) is 0 Å². The Balaban J connectivity index is 1.82. The van der Waals surface area contributed by atoms with Crippen molar-refractivity contribution in [2.24, 2.45) is 0 Å². The highest BCUT2D eigenvalue weighted by Gasteiger charge is 2.27. The van der Waals surface area contributed by atoms with Crippen LogP contribution in [0.4, 0.5) is 15.3 Å². The van der Waals surface area contributed by atoms with Gasteiger partial charge in [-0.25, -0.2) is 9.59 Å². The number of hydrogen-bond acceptors (Lipinski definition) is 4. The Morgan fingerprint density at radius 1 is 1.18 bits per heavy atom. The van der Waals surface area contributed by atoms with Gasteiger partial charge in [-0.05, 0) is 32.9 Å². The number of ether oxygens (including phenoxy) is 1. The van der Waals surface area contributed by atoms with Crippen molar-refractivity contribution in [1.82, 2.24) is 14.8 Å². The Labute approximate surface area is 130 Å². The highest BCUT2D eigenvalue weighted by molar-refractivity contribution is 5.89. The predicted molar refractivity (Wildman–Crippen MR) is 82.6 cm³/mol. The first-order valence-corrected chi connectivity index (χ1v) is 7.29. The molecule has 1 aliphatic heterocycles. The molecule has 1 aliphatic rings. The van der Waals surface area contributed by atoms with E-state index < -0.39 is 5.60 Å². The van der Waals surface area contributed by atoms with E-state index in [1.807, 2.05) is 20.8 Å². The zero-order chi connectivity index (χ0) is 16.2. The number of pyridine rings is 1. The third-order valence-corrected chi connectivity index (χ3v) is 3.13. The summed E-state index contributed by atoms with van der Waals surface area (Å²) in [4.78, 5) is 31.3. The summed E-state index contributed by atoms with van der Waals surface area (Å²) in [6.45, 7) is 7.40. The Morgan fingerprint density at radius 3 is 2.36 bits per heavy atom. The Morgan fingerprint density at radius 2 is 1.82 bits per heavy atom. The molecule has 0 atom stereocenters. The SMILES string of the molecule is CC(C)(C)OC(=O)N1CCN(C(=O)Nc2cccnc2)CC1. The smallest absolute Gasteiger partial charge is 0.410 e. The molecule has 1 aromatic heterocycles. The molecule has 2 rings (SSSR count). The third kappa shape index (κ3) is 4.61. The Hall–Kier alpha value is -2.31. The molecule has 0 unspecified atom stereocenters. The standard InChI is InChI=1S/C15H22N4O3/c1-15(2,3)22-14(21)19-9-7-18(8-10-19)13(20)17-12-5-4-6-16-11-12/h4-6,11H,7-10H2,1-3H3,(H,17,20). The number of aromatic nitrogens is 1. The number of rotatable bonds is 1. The molecule has 7 nitrogen and oxygen atoms in total. The van der Waals surface area contributed by atoms with E-state index in [0.29, 0.717) is 31.9 Å². The van der Waals surface area contributed by atoms with E-state index >= 15 is 0 Å². The second-order valence-electron chi connectivity index (χ2n) is 6.13. The molecule has 1 saturated heterocycles. The summed E-state index contributed by atoms with van der Waals surface area (Å²) in [5, 5.41) is 2.78. The van der Waals surface area contributed by atoms with Crippen LogP contribution in [0.3, 0.4) is 0 Å². The second-order valence-corrected chi connectivity index (χ2v) is 6.13. The Bertz CT molecular complexity index is 519. The molecule has 0 spiro atoms. The monoisotopic (exact) mass is 306 g/mol. The number of hydrogen-bond donors (Lipinski definition) is 1. The van der Waals surface area contributed by atoms with Gasteiger partial charge in [0.1, 0.15) is 5.60 Å². The second kappa shape index (κ2) is 6.64. The van der Waals surface area contributed by atoms with Crippen LogP contribution >= 0.6 is 0 Å². The minimum Gasteiger partial charge on any atom is -0.444 e. The molecule has 7 heteroatoms. The molecule has 0 aromatic carbocycles. The quantitative estimate of drug-likeness (QED) is 0.863. The van der Waals surface area contributed by atoms with Gasteiger partial charge in [-0.15, -0.1) is 0 Å². The largest absolute Gasteiger partial charge is 0.444 e. The van der Waals surface area contributed by atoms with Gasteiger partial charge in [0.2, 0.25) is 0 Å². The van der Waals surface area contributed by atoms with E-state index in [1.165, 1.54) is 0 Å². The Kier molecular flexibility index (Phi) is 4.85. The molecule has 0 aliphatic carbocycles. The van der Waals surface area contributed by atoms with Crippen LogP contribution in [0.1, 0.15) is 20.8 Å². The number of carbonyl (C=O) groups excluding carboxylic acids is 2. The van der Waals surface area contributed by atoms with Gasteiger partial charge < -0.3 is 19.9 Å². The summed E-state index contributed by atoms with van der Waals surface area (Å²) >= 11 is 0. The van der Waals surface area contributed by atoms with Crippen LogP contribution in [0.25, 0.3) is 0 Å². The van der Waals surface area contributed by atoms with Crippen LogP contribution in [-0.2, 0) is 4.74 Å². The number of piperazine rings is 1. The normalized spacial score (nSPS) is 15.4. The van der Waals surface area contributed by atoms with Crippen molar-refractivity contribution in [2.75, 3.05) is 31.5 Å². The lowest BCUT2D eigenvalue weighted by molar-refractivity contribution is 0.0174. The van der Waals surface area contributed by atoms with Gasteiger partial charge in [-0.1, -0.05) is 0 Å². The maximum Gasteiger partial charge on any atom is 0.410 e. The lowest BCUT2D eigenvalue weighted by Crippen LogP contribution is -2.52. The first kappa shape index (κ1) is 16.1. The first-order chi connectivity index (χ1) is 10.3. The third-order valence-electron chi connectivity index (χ3n) is 3.13. The lowest BCUT2D eigenvalue weighted by atomic mass is 10.2. The van der Waals surface area contributed by atoms with E-state index in [2.05, 4.69) is 10.3 Å². The van der Waals surface area contributed by atoms with Crippen molar-refractivity contribution >= 4 is 17.8 Å². The fraction of sp³-hybridized carbons (Fsp3) is 0.533. The summed E-state index contributed by atoms with van der Waals surface area (Å²) in [5.74, 6) is 0. The van der Waals surface area contributed by atoms with Gasteiger partial charge in [0.25, 0.3) is 0 Å². The summed E-state index contributed by atoms with van der Waals surface area (Å²) in [5.41, 5.74) is 0.147. The van der Waals surface area contributed by atoms with Crippen molar-refractivity contribution in [2.45, 2.75) is 26.4 Å². The van der Waals surface area contributed by atoms with E-state index in [-0.39, 0.29) is 12.1 Å². The molecular formula is C15H22N4O3. The van der Waals surface area contributed by atoms with E-state index in [4.69, 9.17) is 4.74 Å². The molecule has 0 radical (unpaired) electrons. The number of urea groups is 1. The average molecular weight is 306 g/mol. The summed E-state index contributed by atoms with van der Waals surface area (Å²) in [6, 6.07) is 3.36. The summed E-state index contributed by atoms with van der Waals surface area (Å²) in [6.07, 6.45) is 2.91. The number of nitrogens with one attached hydrogen (secondary N) is 1. The van der Waals surface area contributed by atoms with Crippen LogP contribution in [0.15, 0.2) is 24.5 Å². The number of amides is 3. The number of anilines is 1. The molecular weight excluding hydrogens is 284 g/mol. The molecule has 3 amide bonds. The van der Waals surface area contributed by atoms with E-state index in [1.54, 1.807) is 34.3 Å². The zero-order valence-corrected chi connectivity index (χ0v) is 13.2. The molecule has 2 heterocycles. The van der Waals surface area contributed by atoms with Crippen molar-refractivity contribution < 1.29 is 14.3 Å². The van der Waals surface area contributed by atoms with Crippen molar-refractivity contribution in [1.29, 1.82) is 0 Å². The minimum atomic E-state index is -0.508. The first-order valence-electron chi connectivity index (χ1n) is 7.29. The molecule has 1 aromatic rings. The topological polar surface area (TPSA) is 74.8 Å². The van der Waals surface area contributed by atoms with Crippen LogP contribution in [0, 0.1) is 0 Å². The molecule has 0 bridgehead atoms.